The summed E-state index contributed by atoms with van der Waals surface area (Å²) in [5, 5.41) is 0. The highest BCUT2D eigenvalue weighted by molar-refractivity contribution is 5.93. The van der Waals surface area contributed by atoms with Gasteiger partial charge in [0.1, 0.15) is 0 Å². The van der Waals surface area contributed by atoms with Gasteiger partial charge in [0.2, 0.25) is 0 Å². The molecule has 0 radical (unpaired) electrons. The number of nitrogens with zero attached hydrogens (tertiary/aromatic N) is 1. The summed E-state index contributed by atoms with van der Waals surface area (Å²) in [6, 6.07) is 6.70. The van der Waals surface area contributed by atoms with Crippen LogP contribution >= 0.6 is 0 Å². The molecule has 0 atom stereocenters. The maximum atomic E-state index is 13.0. The van der Waals surface area contributed by atoms with Crippen molar-refractivity contribution in [3.05, 3.63) is 53.9 Å². The highest BCUT2D eigenvalue weighted by Crippen LogP contribution is 2.34. The van der Waals surface area contributed by atoms with Crippen LogP contribution in [0.5, 0.6) is 0 Å². The van der Waals surface area contributed by atoms with Crippen molar-refractivity contribution >= 4 is 5.97 Å². The fraction of sp³-hybridized carbons (Fsp3) is 0.200. The van der Waals surface area contributed by atoms with E-state index in [0.29, 0.717) is 11.1 Å². The average Bonchev–Trinajstić information content (AvgIpc) is 2.47. The number of aromatic nitrogens is 1. The summed E-state index contributed by atoms with van der Waals surface area (Å²) in [4.78, 5) is 15.6. The van der Waals surface area contributed by atoms with Crippen molar-refractivity contribution < 1.29 is 22.7 Å². The van der Waals surface area contributed by atoms with Crippen LogP contribution in [0.3, 0.4) is 0 Å². The van der Waals surface area contributed by atoms with E-state index in [1.165, 1.54) is 31.5 Å². The van der Waals surface area contributed by atoms with E-state index in [1.807, 2.05) is 0 Å². The SMILES string of the molecule is CCOC(=O)c1cc(-c2ccncc2)ccc1C(F)(F)F. The Morgan fingerprint density at radius 2 is 1.81 bits per heavy atom. The van der Waals surface area contributed by atoms with Crippen molar-refractivity contribution in [2.45, 2.75) is 13.1 Å². The number of carbonyl (C=O) groups excluding carboxylic acids is 1. The number of hydrogen-bond acceptors (Lipinski definition) is 3. The monoisotopic (exact) mass is 295 g/mol. The number of benzene rings is 1. The minimum atomic E-state index is -4.61. The number of ether oxygens (including phenoxy) is 1. The van der Waals surface area contributed by atoms with Gasteiger partial charge in [0.05, 0.1) is 17.7 Å². The van der Waals surface area contributed by atoms with Crippen molar-refractivity contribution in [3.63, 3.8) is 0 Å². The lowest BCUT2D eigenvalue weighted by Crippen LogP contribution is -2.15. The molecule has 0 saturated carbocycles. The minimum Gasteiger partial charge on any atom is -0.462 e. The van der Waals surface area contributed by atoms with E-state index < -0.39 is 23.3 Å². The fourth-order valence-electron chi connectivity index (χ4n) is 1.89. The largest absolute Gasteiger partial charge is 0.462 e. The maximum Gasteiger partial charge on any atom is 0.417 e. The van der Waals surface area contributed by atoms with Gasteiger partial charge in [-0.2, -0.15) is 13.2 Å². The van der Waals surface area contributed by atoms with Crippen LogP contribution in [0.4, 0.5) is 13.2 Å². The molecular weight excluding hydrogens is 283 g/mol. The van der Waals surface area contributed by atoms with Crippen LogP contribution in [-0.2, 0) is 10.9 Å². The first-order valence-corrected chi connectivity index (χ1v) is 6.22. The second-order valence-electron chi connectivity index (χ2n) is 4.21. The number of pyridine rings is 1. The quantitative estimate of drug-likeness (QED) is 0.805. The molecular formula is C15H12F3NO2. The number of halogens is 3. The molecule has 0 aliphatic carbocycles. The molecule has 0 bridgehead atoms. The Hall–Kier alpha value is -2.37. The summed E-state index contributed by atoms with van der Waals surface area (Å²) in [5.74, 6) is -0.985. The summed E-state index contributed by atoms with van der Waals surface area (Å²) in [6.07, 6.45) is -1.56. The van der Waals surface area contributed by atoms with Crippen molar-refractivity contribution in [3.8, 4) is 11.1 Å². The van der Waals surface area contributed by atoms with Crippen LogP contribution in [0.15, 0.2) is 42.7 Å². The predicted molar refractivity (Wildman–Crippen MR) is 70.6 cm³/mol. The van der Waals surface area contributed by atoms with Crippen LogP contribution in [0.25, 0.3) is 11.1 Å². The minimum absolute atomic E-state index is 0.00954. The van der Waals surface area contributed by atoms with E-state index in [4.69, 9.17) is 4.74 Å². The third-order valence-corrected chi connectivity index (χ3v) is 2.83. The van der Waals surface area contributed by atoms with Crippen LogP contribution in [0.2, 0.25) is 0 Å². The molecule has 0 saturated heterocycles. The zero-order valence-electron chi connectivity index (χ0n) is 11.1. The van der Waals surface area contributed by atoms with Crippen LogP contribution in [0, 0.1) is 0 Å². The smallest absolute Gasteiger partial charge is 0.417 e. The van der Waals surface area contributed by atoms with E-state index >= 15 is 0 Å². The van der Waals surface area contributed by atoms with E-state index in [1.54, 1.807) is 12.1 Å². The van der Waals surface area contributed by atoms with Gasteiger partial charge in [-0.15, -0.1) is 0 Å². The summed E-state index contributed by atoms with van der Waals surface area (Å²) < 4.78 is 43.6. The van der Waals surface area contributed by atoms with Crippen LogP contribution < -0.4 is 0 Å². The molecule has 1 aromatic heterocycles. The van der Waals surface area contributed by atoms with Gasteiger partial charge >= 0.3 is 12.1 Å². The number of alkyl halides is 3. The molecule has 0 spiro atoms. The third-order valence-electron chi connectivity index (χ3n) is 2.83. The third kappa shape index (κ3) is 3.39. The first-order valence-electron chi connectivity index (χ1n) is 6.22. The van der Waals surface area contributed by atoms with Gasteiger partial charge in [0.25, 0.3) is 0 Å². The van der Waals surface area contributed by atoms with Crippen LogP contribution in [0.1, 0.15) is 22.8 Å². The van der Waals surface area contributed by atoms with E-state index in [9.17, 15) is 18.0 Å². The molecule has 110 valence electrons. The Bertz CT molecular complexity index is 639. The number of esters is 1. The molecule has 2 rings (SSSR count). The molecule has 0 N–H and O–H groups in total. The topological polar surface area (TPSA) is 39.2 Å². The average molecular weight is 295 g/mol. The van der Waals surface area contributed by atoms with E-state index in [0.717, 1.165) is 6.07 Å². The maximum absolute atomic E-state index is 13.0. The van der Waals surface area contributed by atoms with Gasteiger partial charge < -0.3 is 4.74 Å². The number of rotatable bonds is 3. The fourth-order valence-corrected chi connectivity index (χ4v) is 1.89. The Labute approximate surface area is 119 Å². The summed E-state index contributed by atoms with van der Waals surface area (Å²) in [7, 11) is 0. The zero-order chi connectivity index (χ0) is 15.5. The van der Waals surface area contributed by atoms with E-state index in [2.05, 4.69) is 4.98 Å². The normalized spacial score (nSPS) is 11.2. The number of carbonyl (C=O) groups is 1. The van der Waals surface area contributed by atoms with Crippen LogP contribution in [-0.4, -0.2) is 17.6 Å². The first-order chi connectivity index (χ1) is 9.93. The van der Waals surface area contributed by atoms with E-state index in [-0.39, 0.29) is 6.61 Å². The second-order valence-corrected chi connectivity index (χ2v) is 4.21. The second kappa shape index (κ2) is 5.95. The lowest BCUT2D eigenvalue weighted by atomic mass is 9.99. The predicted octanol–water partition coefficient (Wildman–Crippen LogP) is 3.94. The summed E-state index contributed by atoms with van der Waals surface area (Å²) >= 11 is 0. The summed E-state index contributed by atoms with van der Waals surface area (Å²) in [6.45, 7) is 1.55. The molecule has 21 heavy (non-hydrogen) atoms. The van der Waals surface area contributed by atoms with Crippen molar-refractivity contribution in [2.24, 2.45) is 0 Å². The molecule has 1 heterocycles. The molecule has 3 nitrogen and oxygen atoms in total. The van der Waals surface area contributed by atoms with Gasteiger partial charge in [0, 0.05) is 12.4 Å². The Morgan fingerprint density at radius 3 is 2.38 bits per heavy atom. The van der Waals surface area contributed by atoms with Crippen molar-refractivity contribution in [2.75, 3.05) is 6.61 Å². The Balaban J connectivity index is 2.54. The lowest BCUT2D eigenvalue weighted by Gasteiger charge is -2.13. The van der Waals surface area contributed by atoms with Gasteiger partial charge in [-0.05, 0) is 42.3 Å². The number of hydrogen-bond donors (Lipinski definition) is 0. The Morgan fingerprint density at radius 1 is 1.14 bits per heavy atom. The summed E-state index contributed by atoms with van der Waals surface area (Å²) in [5.41, 5.74) is -0.324. The molecule has 0 aliphatic rings. The molecule has 1 aromatic carbocycles. The molecule has 0 unspecified atom stereocenters. The van der Waals surface area contributed by atoms with Crippen molar-refractivity contribution in [1.29, 1.82) is 0 Å². The highest BCUT2D eigenvalue weighted by Gasteiger charge is 2.35. The molecule has 2 aromatic rings. The Kier molecular flexibility index (Phi) is 4.26. The highest BCUT2D eigenvalue weighted by atomic mass is 19.4. The first kappa shape index (κ1) is 15.0. The molecule has 0 aliphatic heterocycles. The van der Waals surface area contributed by atoms with Crippen molar-refractivity contribution in [1.82, 2.24) is 4.98 Å². The van der Waals surface area contributed by atoms with Gasteiger partial charge in [-0.25, -0.2) is 4.79 Å². The van der Waals surface area contributed by atoms with Gasteiger partial charge in [0.15, 0.2) is 0 Å². The standard InChI is InChI=1S/C15H12F3NO2/c1-2-21-14(20)12-9-11(10-5-7-19-8-6-10)3-4-13(12)15(16,17)18/h3-9H,2H2,1H3. The molecule has 6 heteroatoms. The molecule has 0 fully saturated rings. The lowest BCUT2D eigenvalue weighted by molar-refractivity contribution is -0.138. The van der Waals surface area contributed by atoms with Gasteiger partial charge in [-0.3, -0.25) is 4.98 Å². The zero-order valence-corrected chi connectivity index (χ0v) is 11.1. The van der Waals surface area contributed by atoms with Gasteiger partial charge in [-0.1, -0.05) is 6.07 Å². The molecule has 0 amide bonds.